The third-order valence-corrected chi connectivity index (χ3v) is 4.51. The van der Waals surface area contributed by atoms with Crippen LogP contribution in [0.2, 0.25) is 5.02 Å². The molecular weight excluding hydrogens is 261 g/mol. The van der Waals surface area contributed by atoms with Gasteiger partial charge < -0.3 is 4.90 Å². The van der Waals surface area contributed by atoms with E-state index in [1.165, 1.54) is 31.6 Å². The molecule has 1 nitrogen and oxygen atoms in total. The molecule has 3 rings (SSSR count). The zero-order valence-electron chi connectivity index (χ0n) is 7.76. The number of benzene rings is 1. The van der Waals surface area contributed by atoms with Crippen LogP contribution in [-0.4, -0.2) is 13.1 Å². The maximum absolute atomic E-state index is 6.05. The van der Waals surface area contributed by atoms with Gasteiger partial charge in [0.25, 0.3) is 0 Å². The van der Waals surface area contributed by atoms with E-state index in [1.54, 1.807) is 0 Å². The molecular formula is C11H11BrClN. The van der Waals surface area contributed by atoms with Crippen molar-refractivity contribution in [2.24, 2.45) is 5.41 Å². The SMILES string of the molecule is Clc1cc(N2CC3(CC3)C2)ccc1Br. The average Bonchev–Trinajstić information content (AvgIpc) is 2.87. The first-order valence-corrected chi connectivity index (χ1v) is 6.06. The number of halogens is 2. The molecule has 0 aromatic heterocycles. The fourth-order valence-corrected chi connectivity index (χ4v) is 2.54. The predicted molar refractivity (Wildman–Crippen MR) is 63.0 cm³/mol. The average molecular weight is 273 g/mol. The third kappa shape index (κ3) is 1.36. The molecule has 1 saturated heterocycles. The highest BCUT2D eigenvalue weighted by atomic mass is 79.9. The monoisotopic (exact) mass is 271 g/mol. The summed E-state index contributed by atoms with van der Waals surface area (Å²) in [6.07, 6.45) is 2.85. The Morgan fingerprint density at radius 1 is 1.29 bits per heavy atom. The first kappa shape index (κ1) is 9.05. The molecule has 1 aliphatic heterocycles. The van der Waals surface area contributed by atoms with E-state index in [-0.39, 0.29) is 0 Å². The third-order valence-electron chi connectivity index (χ3n) is 3.28. The summed E-state index contributed by atoms with van der Waals surface area (Å²) in [4.78, 5) is 2.41. The lowest BCUT2D eigenvalue weighted by molar-refractivity contribution is 0.387. The summed E-state index contributed by atoms with van der Waals surface area (Å²) in [6, 6.07) is 6.20. The summed E-state index contributed by atoms with van der Waals surface area (Å²) < 4.78 is 0.976. The Labute approximate surface area is 97.2 Å². The maximum Gasteiger partial charge on any atom is 0.0568 e. The second kappa shape index (κ2) is 2.89. The summed E-state index contributed by atoms with van der Waals surface area (Å²) in [5, 5.41) is 0.805. The molecule has 0 amide bonds. The summed E-state index contributed by atoms with van der Waals surface area (Å²) in [7, 11) is 0. The molecule has 0 radical (unpaired) electrons. The Balaban J connectivity index is 1.80. The van der Waals surface area contributed by atoms with Crippen LogP contribution in [-0.2, 0) is 0 Å². The van der Waals surface area contributed by atoms with Crippen molar-refractivity contribution in [3.8, 4) is 0 Å². The quantitative estimate of drug-likeness (QED) is 0.753. The maximum atomic E-state index is 6.05. The van der Waals surface area contributed by atoms with Gasteiger partial charge in [-0.2, -0.15) is 0 Å². The van der Waals surface area contributed by atoms with Crippen molar-refractivity contribution >= 4 is 33.2 Å². The summed E-state index contributed by atoms with van der Waals surface area (Å²) in [5.41, 5.74) is 1.97. The van der Waals surface area contributed by atoms with E-state index in [2.05, 4.69) is 26.9 Å². The van der Waals surface area contributed by atoms with Crippen LogP contribution >= 0.6 is 27.5 Å². The van der Waals surface area contributed by atoms with Gasteiger partial charge in [0.05, 0.1) is 5.02 Å². The Bertz CT molecular complexity index is 379. The standard InChI is InChI=1S/C11H11BrClN/c12-9-2-1-8(5-10(9)13)14-6-11(7-14)3-4-11/h1-2,5H,3-4,6-7H2. The van der Waals surface area contributed by atoms with Gasteiger partial charge in [0, 0.05) is 28.7 Å². The first-order chi connectivity index (χ1) is 6.69. The zero-order valence-corrected chi connectivity index (χ0v) is 10.1. The van der Waals surface area contributed by atoms with Crippen molar-refractivity contribution in [2.45, 2.75) is 12.8 Å². The second-order valence-corrected chi connectivity index (χ2v) is 5.72. The number of hydrogen-bond donors (Lipinski definition) is 0. The van der Waals surface area contributed by atoms with Crippen molar-refractivity contribution in [3.05, 3.63) is 27.7 Å². The molecule has 0 atom stereocenters. The first-order valence-electron chi connectivity index (χ1n) is 4.89. The number of anilines is 1. The van der Waals surface area contributed by atoms with Gasteiger partial charge in [0.2, 0.25) is 0 Å². The molecule has 0 bridgehead atoms. The lowest BCUT2D eigenvalue weighted by atomic mass is 9.96. The minimum atomic E-state index is 0.708. The summed E-state index contributed by atoms with van der Waals surface area (Å²) >= 11 is 9.45. The minimum Gasteiger partial charge on any atom is -0.370 e. The smallest absolute Gasteiger partial charge is 0.0568 e. The zero-order chi connectivity index (χ0) is 9.76. The molecule has 1 saturated carbocycles. The van der Waals surface area contributed by atoms with Crippen molar-refractivity contribution in [1.82, 2.24) is 0 Å². The van der Waals surface area contributed by atoms with Gasteiger partial charge in [0.1, 0.15) is 0 Å². The molecule has 2 aliphatic rings. The molecule has 1 aromatic carbocycles. The van der Waals surface area contributed by atoms with Crippen molar-refractivity contribution < 1.29 is 0 Å². The fraction of sp³-hybridized carbons (Fsp3) is 0.455. The molecule has 1 heterocycles. The van der Waals surface area contributed by atoms with Crippen molar-refractivity contribution in [2.75, 3.05) is 18.0 Å². The molecule has 1 spiro atoms. The lowest BCUT2D eigenvalue weighted by Crippen LogP contribution is -2.48. The molecule has 2 fully saturated rings. The van der Waals surface area contributed by atoms with Crippen molar-refractivity contribution in [3.63, 3.8) is 0 Å². The minimum absolute atomic E-state index is 0.708. The molecule has 1 aromatic rings. The number of hydrogen-bond acceptors (Lipinski definition) is 1. The Morgan fingerprint density at radius 3 is 2.57 bits per heavy atom. The van der Waals surface area contributed by atoms with Crippen LogP contribution in [0.15, 0.2) is 22.7 Å². The Kier molecular flexibility index (Phi) is 1.87. The summed E-state index contributed by atoms with van der Waals surface area (Å²) in [5.74, 6) is 0. The van der Waals surface area contributed by atoms with Gasteiger partial charge in [-0.25, -0.2) is 0 Å². The largest absolute Gasteiger partial charge is 0.370 e. The highest BCUT2D eigenvalue weighted by Gasteiger charge is 2.52. The van der Waals surface area contributed by atoms with E-state index in [9.17, 15) is 0 Å². The van der Waals surface area contributed by atoms with Crippen LogP contribution in [0.3, 0.4) is 0 Å². The molecule has 74 valence electrons. The Hall–Kier alpha value is -0.210. The molecule has 14 heavy (non-hydrogen) atoms. The van der Waals surface area contributed by atoms with E-state index in [0.717, 1.165) is 9.50 Å². The van der Waals surface area contributed by atoms with Crippen LogP contribution < -0.4 is 4.90 Å². The van der Waals surface area contributed by atoms with Crippen LogP contribution in [0, 0.1) is 5.41 Å². The number of nitrogens with zero attached hydrogens (tertiary/aromatic N) is 1. The fourth-order valence-electron chi connectivity index (χ4n) is 2.12. The van der Waals surface area contributed by atoms with Crippen LogP contribution in [0.5, 0.6) is 0 Å². The van der Waals surface area contributed by atoms with Crippen molar-refractivity contribution in [1.29, 1.82) is 0 Å². The topological polar surface area (TPSA) is 3.24 Å². The van der Waals surface area contributed by atoms with E-state index in [1.807, 2.05) is 12.1 Å². The van der Waals surface area contributed by atoms with Crippen LogP contribution in [0.4, 0.5) is 5.69 Å². The molecule has 3 heteroatoms. The predicted octanol–water partition coefficient (Wildman–Crippen LogP) is 3.70. The molecule has 0 unspecified atom stereocenters. The van der Waals surface area contributed by atoms with E-state index in [0.29, 0.717) is 5.41 Å². The van der Waals surface area contributed by atoms with Crippen LogP contribution in [0.25, 0.3) is 0 Å². The van der Waals surface area contributed by atoms with Gasteiger partial charge in [-0.3, -0.25) is 0 Å². The van der Waals surface area contributed by atoms with Gasteiger partial charge >= 0.3 is 0 Å². The summed E-state index contributed by atoms with van der Waals surface area (Å²) in [6.45, 7) is 2.45. The highest BCUT2D eigenvalue weighted by Crippen LogP contribution is 2.54. The van der Waals surface area contributed by atoms with E-state index < -0.39 is 0 Å². The van der Waals surface area contributed by atoms with Gasteiger partial charge in [-0.05, 0) is 47.0 Å². The molecule has 1 aliphatic carbocycles. The number of rotatable bonds is 1. The van der Waals surface area contributed by atoms with Gasteiger partial charge in [-0.1, -0.05) is 11.6 Å². The molecule has 0 N–H and O–H groups in total. The van der Waals surface area contributed by atoms with E-state index >= 15 is 0 Å². The normalized spacial score (nSPS) is 22.3. The lowest BCUT2D eigenvalue weighted by Gasteiger charge is -2.42. The highest BCUT2D eigenvalue weighted by molar-refractivity contribution is 9.10. The van der Waals surface area contributed by atoms with E-state index in [4.69, 9.17) is 11.6 Å². The Morgan fingerprint density at radius 2 is 2.00 bits per heavy atom. The van der Waals surface area contributed by atoms with Gasteiger partial charge in [0.15, 0.2) is 0 Å². The second-order valence-electron chi connectivity index (χ2n) is 4.45. The van der Waals surface area contributed by atoms with Gasteiger partial charge in [-0.15, -0.1) is 0 Å². The van der Waals surface area contributed by atoms with Crippen LogP contribution in [0.1, 0.15) is 12.8 Å².